The third-order valence-corrected chi connectivity index (χ3v) is 2.03. The summed E-state index contributed by atoms with van der Waals surface area (Å²) in [5.74, 6) is 0. The minimum absolute atomic E-state index is 0.00844. The maximum Gasteiger partial charge on any atom is 0.411 e. The highest BCUT2D eigenvalue weighted by Crippen LogP contribution is 2.11. The van der Waals surface area contributed by atoms with Crippen LogP contribution in [0.1, 0.15) is 26.5 Å². The van der Waals surface area contributed by atoms with Gasteiger partial charge in [-0.3, -0.25) is 9.88 Å². The lowest BCUT2D eigenvalue weighted by Crippen LogP contribution is -2.37. The van der Waals surface area contributed by atoms with Gasteiger partial charge in [-0.2, -0.15) is 0 Å². The smallest absolute Gasteiger partial charge is 0.411 e. The van der Waals surface area contributed by atoms with Gasteiger partial charge in [0.05, 0.1) is 18.8 Å². The number of amides is 1. The van der Waals surface area contributed by atoms with Crippen molar-refractivity contribution in [3.05, 3.63) is 30.1 Å². The lowest BCUT2D eigenvalue weighted by atomic mass is 10.2. The molecule has 0 aliphatic carbocycles. The highest BCUT2D eigenvalue weighted by Gasteiger charge is 2.22. The molecule has 98 valence electrons. The third kappa shape index (κ3) is 4.95. The Morgan fingerprint density at radius 2 is 2.17 bits per heavy atom. The molecule has 0 fully saturated rings. The Balaban J connectivity index is 2.71. The zero-order valence-corrected chi connectivity index (χ0v) is 10.9. The summed E-state index contributed by atoms with van der Waals surface area (Å²) in [6.45, 7) is 5.60. The second-order valence-electron chi connectivity index (χ2n) is 4.85. The van der Waals surface area contributed by atoms with E-state index in [9.17, 15) is 9.59 Å². The molecule has 1 aromatic rings. The monoisotopic (exact) mass is 250 g/mol. The first-order chi connectivity index (χ1) is 8.42. The average molecular weight is 250 g/mol. The highest BCUT2D eigenvalue weighted by atomic mass is 16.6. The van der Waals surface area contributed by atoms with E-state index in [0.29, 0.717) is 12.0 Å². The molecule has 1 rings (SSSR count). The van der Waals surface area contributed by atoms with E-state index >= 15 is 0 Å². The summed E-state index contributed by atoms with van der Waals surface area (Å²) in [5, 5.41) is 0. The molecule has 0 saturated carbocycles. The number of hydrogen-bond acceptors (Lipinski definition) is 4. The molecule has 0 unspecified atom stereocenters. The molecule has 0 N–H and O–H groups in total. The van der Waals surface area contributed by atoms with Crippen LogP contribution < -0.4 is 0 Å². The van der Waals surface area contributed by atoms with E-state index in [2.05, 4.69) is 4.98 Å². The minimum Gasteiger partial charge on any atom is -0.444 e. The molecular formula is C13H18N2O3. The maximum absolute atomic E-state index is 11.9. The summed E-state index contributed by atoms with van der Waals surface area (Å²) in [7, 11) is 0. The van der Waals surface area contributed by atoms with E-state index in [4.69, 9.17) is 4.74 Å². The molecule has 0 aliphatic rings. The van der Waals surface area contributed by atoms with Crippen molar-refractivity contribution in [2.75, 3.05) is 6.54 Å². The van der Waals surface area contributed by atoms with Crippen LogP contribution in [0.15, 0.2) is 24.4 Å². The van der Waals surface area contributed by atoms with Crippen molar-refractivity contribution in [1.82, 2.24) is 9.88 Å². The van der Waals surface area contributed by atoms with E-state index in [1.807, 2.05) is 6.07 Å². The SMILES string of the molecule is CC(C)(C)OC(=O)N(CC=O)Cc1ccccn1. The Hall–Kier alpha value is -1.91. The molecule has 1 aromatic heterocycles. The van der Waals surface area contributed by atoms with Gasteiger partial charge < -0.3 is 9.53 Å². The van der Waals surface area contributed by atoms with Crippen LogP contribution in [0.3, 0.4) is 0 Å². The average Bonchev–Trinajstić information content (AvgIpc) is 2.27. The van der Waals surface area contributed by atoms with Crippen molar-refractivity contribution < 1.29 is 14.3 Å². The van der Waals surface area contributed by atoms with Gasteiger partial charge in [0, 0.05) is 6.20 Å². The standard InChI is InChI=1S/C13H18N2O3/c1-13(2,3)18-12(17)15(8-9-16)10-11-6-4-5-7-14-11/h4-7,9H,8,10H2,1-3H3. The van der Waals surface area contributed by atoms with Crippen LogP contribution >= 0.6 is 0 Å². The van der Waals surface area contributed by atoms with Crippen molar-refractivity contribution >= 4 is 12.4 Å². The summed E-state index contributed by atoms with van der Waals surface area (Å²) in [6.07, 6.45) is 1.80. The predicted molar refractivity (Wildman–Crippen MR) is 66.9 cm³/mol. The van der Waals surface area contributed by atoms with Gasteiger partial charge in [-0.1, -0.05) is 6.07 Å². The predicted octanol–water partition coefficient (Wildman–Crippen LogP) is 2.02. The van der Waals surface area contributed by atoms with Crippen LogP contribution in [0.25, 0.3) is 0 Å². The topological polar surface area (TPSA) is 59.5 Å². The molecule has 0 bridgehead atoms. The van der Waals surface area contributed by atoms with Crippen molar-refractivity contribution in [1.29, 1.82) is 0 Å². The zero-order chi connectivity index (χ0) is 13.6. The van der Waals surface area contributed by atoms with Crippen LogP contribution in [0.5, 0.6) is 0 Å². The van der Waals surface area contributed by atoms with E-state index in [0.717, 1.165) is 0 Å². The van der Waals surface area contributed by atoms with Crippen molar-refractivity contribution in [3.8, 4) is 0 Å². The van der Waals surface area contributed by atoms with Gasteiger partial charge in [-0.05, 0) is 32.9 Å². The lowest BCUT2D eigenvalue weighted by molar-refractivity contribution is -0.109. The molecule has 1 heterocycles. The summed E-state index contributed by atoms with van der Waals surface area (Å²) < 4.78 is 5.22. The summed E-state index contributed by atoms with van der Waals surface area (Å²) >= 11 is 0. The van der Waals surface area contributed by atoms with Gasteiger partial charge in [0.25, 0.3) is 0 Å². The van der Waals surface area contributed by atoms with Crippen LogP contribution in [0.4, 0.5) is 4.79 Å². The first-order valence-corrected chi connectivity index (χ1v) is 5.74. The highest BCUT2D eigenvalue weighted by molar-refractivity contribution is 5.71. The zero-order valence-electron chi connectivity index (χ0n) is 10.9. The molecule has 0 saturated heterocycles. The Morgan fingerprint density at radius 1 is 1.44 bits per heavy atom. The maximum atomic E-state index is 11.9. The van der Waals surface area contributed by atoms with Gasteiger partial charge in [0.2, 0.25) is 0 Å². The number of carbonyl (C=O) groups is 2. The Bertz CT molecular complexity index is 398. The second kappa shape index (κ2) is 6.14. The third-order valence-electron chi connectivity index (χ3n) is 2.03. The Labute approximate surface area is 107 Å². The normalized spacial score (nSPS) is 10.8. The summed E-state index contributed by atoms with van der Waals surface area (Å²) in [6, 6.07) is 5.42. The Kier molecular flexibility index (Phi) is 4.83. The molecule has 18 heavy (non-hydrogen) atoms. The first-order valence-electron chi connectivity index (χ1n) is 5.74. The number of nitrogens with zero attached hydrogens (tertiary/aromatic N) is 2. The summed E-state index contributed by atoms with van der Waals surface area (Å²) in [4.78, 5) is 27.9. The molecule has 0 spiro atoms. The fraction of sp³-hybridized carbons (Fsp3) is 0.462. The van der Waals surface area contributed by atoms with Crippen molar-refractivity contribution in [3.63, 3.8) is 0 Å². The van der Waals surface area contributed by atoms with Crippen LogP contribution in [-0.2, 0) is 16.1 Å². The van der Waals surface area contributed by atoms with E-state index in [-0.39, 0.29) is 13.1 Å². The van der Waals surface area contributed by atoms with Crippen LogP contribution in [0.2, 0.25) is 0 Å². The fourth-order valence-corrected chi connectivity index (χ4v) is 1.31. The van der Waals surface area contributed by atoms with E-state index in [1.165, 1.54) is 4.90 Å². The molecule has 0 radical (unpaired) electrons. The van der Waals surface area contributed by atoms with Gasteiger partial charge in [-0.25, -0.2) is 4.79 Å². The number of rotatable bonds is 4. The molecule has 0 aliphatic heterocycles. The first kappa shape index (κ1) is 14.2. The summed E-state index contributed by atoms with van der Waals surface area (Å²) in [5.41, 5.74) is 0.132. The van der Waals surface area contributed by atoms with E-state index in [1.54, 1.807) is 39.1 Å². The van der Waals surface area contributed by atoms with Gasteiger partial charge >= 0.3 is 6.09 Å². The molecule has 1 amide bonds. The molecular weight excluding hydrogens is 232 g/mol. The fourth-order valence-electron chi connectivity index (χ4n) is 1.31. The number of aromatic nitrogens is 1. The molecule has 0 aromatic carbocycles. The molecule has 5 heteroatoms. The molecule has 0 atom stereocenters. The Morgan fingerprint density at radius 3 is 2.67 bits per heavy atom. The van der Waals surface area contributed by atoms with E-state index < -0.39 is 11.7 Å². The number of ether oxygens (including phenoxy) is 1. The number of aldehydes is 1. The van der Waals surface area contributed by atoms with Crippen molar-refractivity contribution in [2.24, 2.45) is 0 Å². The second-order valence-corrected chi connectivity index (χ2v) is 4.85. The lowest BCUT2D eigenvalue weighted by Gasteiger charge is -2.25. The number of pyridine rings is 1. The minimum atomic E-state index is -0.581. The van der Waals surface area contributed by atoms with Gasteiger partial charge in [0.15, 0.2) is 0 Å². The largest absolute Gasteiger partial charge is 0.444 e. The molecule has 5 nitrogen and oxygen atoms in total. The van der Waals surface area contributed by atoms with Gasteiger partial charge in [0.1, 0.15) is 11.9 Å². The van der Waals surface area contributed by atoms with Crippen LogP contribution in [0, 0.1) is 0 Å². The van der Waals surface area contributed by atoms with Crippen molar-refractivity contribution in [2.45, 2.75) is 32.9 Å². The number of carbonyl (C=O) groups excluding carboxylic acids is 2. The number of hydrogen-bond donors (Lipinski definition) is 0. The quantitative estimate of drug-likeness (QED) is 0.767. The van der Waals surface area contributed by atoms with Gasteiger partial charge in [-0.15, -0.1) is 0 Å². The van der Waals surface area contributed by atoms with Crippen LogP contribution in [-0.4, -0.2) is 34.4 Å².